The Bertz CT molecular complexity index is 569. The van der Waals surface area contributed by atoms with Crippen molar-refractivity contribution in [3.05, 3.63) is 64.4 Å². The Hall–Kier alpha value is -1.58. The molecular weight excluding hydrogens is 275 g/mol. The average Bonchev–Trinajstić information content (AvgIpc) is 2.44. The largest absolute Gasteiger partial charge is 0.370 e. The molecular formula is C16H18ClFN2. The summed E-state index contributed by atoms with van der Waals surface area (Å²) >= 11 is 6.24. The highest BCUT2D eigenvalue weighted by Gasteiger charge is 2.06. The molecule has 0 amide bonds. The van der Waals surface area contributed by atoms with Crippen LogP contribution in [0.5, 0.6) is 0 Å². The molecule has 20 heavy (non-hydrogen) atoms. The number of anilines is 1. The maximum atomic E-state index is 12.9. The van der Waals surface area contributed by atoms with E-state index in [2.05, 4.69) is 4.90 Å². The summed E-state index contributed by atoms with van der Waals surface area (Å²) in [5, 5.41) is 0.735. The predicted molar refractivity (Wildman–Crippen MR) is 82.7 cm³/mol. The van der Waals surface area contributed by atoms with E-state index in [0.29, 0.717) is 13.1 Å². The second-order valence-corrected chi connectivity index (χ2v) is 5.20. The van der Waals surface area contributed by atoms with Crippen LogP contribution in [0, 0.1) is 5.82 Å². The Kier molecular flexibility index (Phi) is 4.99. The molecule has 2 aromatic rings. The highest BCUT2D eigenvalue weighted by Crippen LogP contribution is 2.24. The van der Waals surface area contributed by atoms with Gasteiger partial charge in [-0.05, 0) is 48.4 Å². The standard InChI is InChI=1S/C16H18ClFN2/c1-20(11-12-2-5-14(18)6-3-12)15-7-4-13(8-9-19)16(17)10-15/h2-7,10H,8-9,11,19H2,1H3. The van der Waals surface area contributed by atoms with Gasteiger partial charge in [0.15, 0.2) is 0 Å². The van der Waals surface area contributed by atoms with E-state index in [9.17, 15) is 4.39 Å². The Morgan fingerprint density at radius 2 is 1.85 bits per heavy atom. The quantitative estimate of drug-likeness (QED) is 0.912. The Morgan fingerprint density at radius 3 is 2.45 bits per heavy atom. The van der Waals surface area contributed by atoms with E-state index in [1.54, 1.807) is 12.1 Å². The van der Waals surface area contributed by atoms with Crippen LogP contribution in [0.4, 0.5) is 10.1 Å². The van der Waals surface area contributed by atoms with E-state index >= 15 is 0 Å². The van der Waals surface area contributed by atoms with Gasteiger partial charge >= 0.3 is 0 Å². The zero-order valence-corrected chi connectivity index (χ0v) is 12.2. The highest BCUT2D eigenvalue weighted by molar-refractivity contribution is 6.31. The van der Waals surface area contributed by atoms with Crippen LogP contribution < -0.4 is 10.6 Å². The first-order valence-electron chi connectivity index (χ1n) is 6.54. The van der Waals surface area contributed by atoms with Gasteiger partial charge in [0.05, 0.1) is 0 Å². The molecule has 0 aliphatic carbocycles. The molecule has 0 heterocycles. The van der Waals surface area contributed by atoms with Gasteiger partial charge in [0.2, 0.25) is 0 Å². The minimum Gasteiger partial charge on any atom is -0.370 e. The zero-order valence-electron chi connectivity index (χ0n) is 11.4. The first kappa shape index (κ1) is 14.8. The van der Waals surface area contributed by atoms with Crippen molar-refractivity contribution in [3.8, 4) is 0 Å². The molecule has 0 bridgehead atoms. The van der Waals surface area contributed by atoms with Gasteiger partial charge in [-0.25, -0.2) is 4.39 Å². The normalized spacial score (nSPS) is 10.6. The molecule has 2 nitrogen and oxygen atoms in total. The lowest BCUT2D eigenvalue weighted by Crippen LogP contribution is -2.16. The predicted octanol–water partition coefficient (Wildman–Crippen LogP) is 3.62. The van der Waals surface area contributed by atoms with Crippen molar-refractivity contribution in [2.45, 2.75) is 13.0 Å². The smallest absolute Gasteiger partial charge is 0.123 e. The molecule has 2 rings (SSSR count). The van der Waals surface area contributed by atoms with E-state index in [0.717, 1.165) is 28.3 Å². The molecule has 0 fully saturated rings. The third-order valence-corrected chi connectivity index (χ3v) is 3.58. The van der Waals surface area contributed by atoms with Crippen molar-refractivity contribution < 1.29 is 4.39 Å². The lowest BCUT2D eigenvalue weighted by molar-refractivity contribution is 0.627. The summed E-state index contributed by atoms with van der Waals surface area (Å²) in [4.78, 5) is 2.07. The van der Waals surface area contributed by atoms with Crippen LogP contribution in [-0.2, 0) is 13.0 Å². The first-order chi connectivity index (χ1) is 9.60. The van der Waals surface area contributed by atoms with Crippen LogP contribution in [0.1, 0.15) is 11.1 Å². The fourth-order valence-electron chi connectivity index (χ4n) is 2.09. The summed E-state index contributed by atoms with van der Waals surface area (Å²) < 4.78 is 12.9. The van der Waals surface area contributed by atoms with E-state index in [4.69, 9.17) is 17.3 Å². The molecule has 106 valence electrons. The van der Waals surface area contributed by atoms with Gasteiger partial charge in [-0.2, -0.15) is 0 Å². The molecule has 0 aliphatic heterocycles. The molecule has 0 spiro atoms. The second kappa shape index (κ2) is 6.73. The van der Waals surface area contributed by atoms with Crippen LogP contribution >= 0.6 is 11.6 Å². The van der Waals surface area contributed by atoms with E-state index in [-0.39, 0.29) is 5.82 Å². The molecule has 4 heteroatoms. The van der Waals surface area contributed by atoms with Crippen LogP contribution in [0.25, 0.3) is 0 Å². The minimum absolute atomic E-state index is 0.217. The third kappa shape index (κ3) is 3.71. The molecule has 0 aromatic heterocycles. The Balaban J connectivity index is 2.10. The number of benzene rings is 2. The molecule has 0 aliphatic rings. The highest BCUT2D eigenvalue weighted by atomic mass is 35.5. The maximum absolute atomic E-state index is 12.9. The summed E-state index contributed by atoms with van der Waals surface area (Å²) in [6.07, 6.45) is 0.779. The number of nitrogens with two attached hydrogens (primary N) is 1. The lowest BCUT2D eigenvalue weighted by Gasteiger charge is -2.20. The second-order valence-electron chi connectivity index (χ2n) is 4.80. The summed E-state index contributed by atoms with van der Waals surface area (Å²) in [5.74, 6) is -0.217. The van der Waals surface area contributed by atoms with Gasteiger partial charge in [0.1, 0.15) is 5.82 Å². The monoisotopic (exact) mass is 292 g/mol. The van der Waals surface area contributed by atoms with Gasteiger partial charge in [0.25, 0.3) is 0 Å². The van der Waals surface area contributed by atoms with Crippen molar-refractivity contribution in [3.63, 3.8) is 0 Å². The van der Waals surface area contributed by atoms with Gasteiger partial charge in [-0.3, -0.25) is 0 Å². The van der Waals surface area contributed by atoms with Crippen molar-refractivity contribution in [1.82, 2.24) is 0 Å². The molecule has 0 saturated carbocycles. The van der Waals surface area contributed by atoms with E-state index in [1.807, 2.05) is 25.2 Å². The van der Waals surface area contributed by atoms with E-state index in [1.165, 1.54) is 12.1 Å². The van der Waals surface area contributed by atoms with Crippen molar-refractivity contribution in [2.75, 3.05) is 18.5 Å². The summed E-state index contributed by atoms with van der Waals surface area (Å²) in [7, 11) is 1.98. The van der Waals surface area contributed by atoms with Crippen LogP contribution in [0.15, 0.2) is 42.5 Å². The maximum Gasteiger partial charge on any atom is 0.123 e. The lowest BCUT2D eigenvalue weighted by atomic mass is 10.1. The van der Waals surface area contributed by atoms with Crippen molar-refractivity contribution in [1.29, 1.82) is 0 Å². The van der Waals surface area contributed by atoms with Gasteiger partial charge in [0, 0.05) is 24.3 Å². The van der Waals surface area contributed by atoms with Crippen LogP contribution in [0.3, 0.4) is 0 Å². The zero-order chi connectivity index (χ0) is 14.5. The molecule has 0 radical (unpaired) electrons. The topological polar surface area (TPSA) is 29.3 Å². The fourth-order valence-corrected chi connectivity index (χ4v) is 2.36. The molecule has 2 aromatic carbocycles. The van der Waals surface area contributed by atoms with Gasteiger partial charge < -0.3 is 10.6 Å². The van der Waals surface area contributed by atoms with Crippen LogP contribution in [-0.4, -0.2) is 13.6 Å². The van der Waals surface area contributed by atoms with Crippen molar-refractivity contribution >= 4 is 17.3 Å². The number of hydrogen-bond donors (Lipinski definition) is 1. The summed E-state index contributed by atoms with van der Waals surface area (Å²) in [6.45, 7) is 1.29. The number of nitrogens with zero attached hydrogens (tertiary/aromatic N) is 1. The summed E-state index contributed by atoms with van der Waals surface area (Å²) in [5.41, 5.74) is 8.68. The number of rotatable bonds is 5. The van der Waals surface area contributed by atoms with Gasteiger partial charge in [-0.1, -0.05) is 29.8 Å². The van der Waals surface area contributed by atoms with Crippen LogP contribution in [0.2, 0.25) is 5.02 Å². The number of halogens is 2. The number of hydrogen-bond acceptors (Lipinski definition) is 2. The molecule has 0 saturated heterocycles. The SMILES string of the molecule is CN(Cc1ccc(F)cc1)c1ccc(CCN)c(Cl)c1. The molecule has 0 atom stereocenters. The first-order valence-corrected chi connectivity index (χ1v) is 6.92. The van der Waals surface area contributed by atoms with Gasteiger partial charge in [-0.15, -0.1) is 0 Å². The minimum atomic E-state index is -0.217. The van der Waals surface area contributed by atoms with E-state index < -0.39 is 0 Å². The Labute approximate surface area is 124 Å². The summed E-state index contributed by atoms with van der Waals surface area (Å²) in [6, 6.07) is 12.5. The molecule has 2 N–H and O–H groups in total. The van der Waals surface area contributed by atoms with Crippen molar-refractivity contribution in [2.24, 2.45) is 5.73 Å². The Morgan fingerprint density at radius 1 is 1.15 bits per heavy atom. The third-order valence-electron chi connectivity index (χ3n) is 3.22. The fraction of sp³-hybridized carbons (Fsp3) is 0.250. The molecule has 0 unspecified atom stereocenters. The average molecular weight is 293 g/mol.